The van der Waals surface area contributed by atoms with E-state index in [4.69, 9.17) is 9.47 Å². The number of nitrogens with zero attached hydrogens (tertiary/aromatic N) is 2. The van der Waals surface area contributed by atoms with Gasteiger partial charge in [-0.05, 0) is 38.3 Å². The van der Waals surface area contributed by atoms with Crippen molar-refractivity contribution >= 4 is 29.9 Å². The van der Waals surface area contributed by atoms with Gasteiger partial charge in [0.1, 0.15) is 0 Å². The average Bonchev–Trinajstić information content (AvgIpc) is 3.16. The van der Waals surface area contributed by atoms with Crippen molar-refractivity contribution < 1.29 is 9.47 Å². The van der Waals surface area contributed by atoms with Crippen molar-refractivity contribution in [1.29, 1.82) is 0 Å². The van der Waals surface area contributed by atoms with E-state index in [0.717, 1.165) is 45.2 Å². The monoisotopic (exact) mass is 504 g/mol. The molecule has 0 saturated carbocycles. The largest absolute Gasteiger partial charge is 0.383 e. The summed E-state index contributed by atoms with van der Waals surface area (Å²) in [7, 11) is 3.58. The summed E-state index contributed by atoms with van der Waals surface area (Å²) >= 11 is 0. The fourth-order valence-electron chi connectivity index (χ4n) is 3.42. The standard InChI is InChI=1S/C21H36N4O2.HI/c1-18(19-9-5-4-6-10-19)27-15-8-12-23-21(22-2)24-17-20-11-7-13-25(20)14-16-26-3;/h4-6,9-10,18,20H,7-8,11-17H2,1-3H3,(H2,22,23,24);1H. The quantitative estimate of drug-likeness (QED) is 0.210. The Morgan fingerprint density at radius 1 is 1.25 bits per heavy atom. The molecule has 2 N–H and O–H groups in total. The highest BCUT2D eigenvalue weighted by Crippen LogP contribution is 2.16. The molecule has 7 heteroatoms. The molecule has 1 aromatic carbocycles. The van der Waals surface area contributed by atoms with Crippen LogP contribution in [0.3, 0.4) is 0 Å². The number of nitrogens with one attached hydrogen (secondary N) is 2. The number of hydrogen-bond acceptors (Lipinski definition) is 4. The Labute approximate surface area is 187 Å². The van der Waals surface area contributed by atoms with E-state index in [2.05, 4.69) is 39.6 Å². The SMILES string of the molecule is CN=C(NCCCOC(C)c1ccccc1)NCC1CCCN1CCOC.I. The van der Waals surface area contributed by atoms with E-state index < -0.39 is 0 Å². The van der Waals surface area contributed by atoms with Gasteiger partial charge in [-0.2, -0.15) is 0 Å². The number of rotatable bonds is 11. The fraction of sp³-hybridized carbons (Fsp3) is 0.667. The number of hydrogen-bond donors (Lipinski definition) is 2. The Morgan fingerprint density at radius 2 is 2.04 bits per heavy atom. The molecule has 28 heavy (non-hydrogen) atoms. The lowest BCUT2D eigenvalue weighted by atomic mass is 10.1. The molecule has 1 aliphatic heterocycles. The molecule has 1 fully saturated rings. The van der Waals surface area contributed by atoms with E-state index in [1.807, 2.05) is 25.2 Å². The highest BCUT2D eigenvalue weighted by atomic mass is 127. The molecule has 0 aliphatic carbocycles. The molecular weight excluding hydrogens is 467 g/mol. The van der Waals surface area contributed by atoms with E-state index in [0.29, 0.717) is 6.04 Å². The summed E-state index contributed by atoms with van der Waals surface area (Å²) in [4.78, 5) is 6.83. The maximum Gasteiger partial charge on any atom is 0.191 e. The minimum atomic E-state index is 0. The maximum atomic E-state index is 5.92. The van der Waals surface area contributed by atoms with Crippen LogP contribution in [0.5, 0.6) is 0 Å². The van der Waals surface area contributed by atoms with E-state index in [1.54, 1.807) is 7.11 Å². The summed E-state index contributed by atoms with van der Waals surface area (Å²) in [6.45, 7) is 7.56. The lowest BCUT2D eigenvalue weighted by Crippen LogP contribution is -2.45. The molecule has 1 aromatic rings. The van der Waals surface area contributed by atoms with Crippen molar-refractivity contribution in [3.8, 4) is 0 Å². The molecule has 0 radical (unpaired) electrons. The first-order chi connectivity index (χ1) is 13.2. The van der Waals surface area contributed by atoms with Gasteiger partial charge in [0.25, 0.3) is 0 Å². The Kier molecular flexibility index (Phi) is 13.5. The average molecular weight is 504 g/mol. The number of methoxy groups -OCH3 is 1. The number of halogens is 1. The first-order valence-corrected chi connectivity index (χ1v) is 10.1. The molecule has 1 aliphatic rings. The van der Waals surface area contributed by atoms with Gasteiger partial charge >= 0.3 is 0 Å². The zero-order valence-electron chi connectivity index (χ0n) is 17.5. The second-order valence-electron chi connectivity index (χ2n) is 6.98. The molecule has 0 amide bonds. The number of guanidine groups is 1. The van der Waals surface area contributed by atoms with Crippen molar-refractivity contribution in [3.05, 3.63) is 35.9 Å². The summed E-state index contributed by atoms with van der Waals surface area (Å²) in [5.74, 6) is 0.865. The molecule has 1 saturated heterocycles. The minimum absolute atomic E-state index is 0. The molecule has 2 atom stereocenters. The van der Waals surface area contributed by atoms with Crippen molar-refractivity contribution in [2.75, 3.05) is 53.6 Å². The van der Waals surface area contributed by atoms with E-state index in [9.17, 15) is 0 Å². The highest BCUT2D eigenvalue weighted by Gasteiger charge is 2.23. The third kappa shape index (κ3) is 9.07. The van der Waals surface area contributed by atoms with Gasteiger partial charge in [0.15, 0.2) is 5.96 Å². The van der Waals surface area contributed by atoms with Crippen molar-refractivity contribution in [3.63, 3.8) is 0 Å². The van der Waals surface area contributed by atoms with Gasteiger partial charge in [0.2, 0.25) is 0 Å². The molecule has 6 nitrogen and oxygen atoms in total. The lowest BCUT2D eigenvalue weighted by Gasteiger charge is -2.25. The normalized spacial score (nSPS) is 18.5. The van der Waals surface area contributed by atoms with Crippen LogP contribution in [-0.4, -0.2) is 70.5 Å². The smallest absolute Gasteiger partial charge is 0.191 e. The number of likely N-dealkylation sites (tertiary alicyclic amines) is 1. The van der Waals surface area contributed by atoms with Crippen LogP contribution >= 0.6 is 24.0 Å². The van der Waals surface area contributed by atoms with Crippen LogP contribution in [-0.2, 0) is 9.47 Å². The van der Waals surface area contributed by atoms with Gasteiger partial charge in [-0.1, -0.05) is 30.3 Å². The Bertz CT molecular complexity index is 544. The third-order valence-corrected chi connectivity index (χ3v) is 5.06. The van der Waals surface area contributed by atoms with Crippen molar-refractivity contribution in [2.24, 2.45) is 4.99 Å². The van der Waals surface area contributed by atoms with E-state index in [1.165, 1.54) is 24.9 Å². The molecule has 2 unspecified atom stereocenters. The van der Waals surface area contributed by atoms with Crippen LogP contribution in [0.2, 0.25) is 0 Å². The van der Waals surface area contributed by atoms with Crippen molar-refractivity contribution in [2.45, 2.75) is 38.3 Å². The van der Waals surface area contributed by atoms with Crippen LogP contribution in [0.4, 0.5) is 0 Å². The predicted octanol–water partition coefficient (Wildman–Crippen LogP) is 3.05. The van der Waals surface area contributed by atoms with Crippen molar-refractivity contribution in [1.82, 2.24) is 15.5 Å². The van der Waals surface area contributed by atoms with Gasteiger partial charge in [0, 0.05) is 46.4 Å². The molecule has 2 rings (SSSR count). The van der Waals surface area contributed by atoms with Gasteiger partial charge in [-0.25, -0.2) is 0 Å². The molecule has 0 spiro atoms. The summed E-state index contributed by atoms with van der Waals surface area (Å²) in [5, 5.41) is 6.84. The number of benzene rings is 1. The highest BCUT2D eigenvalue weighted by molar-refractivity contribution is 14.0. The fourth-order valence-corrected chi connectivity index (χ4v) is 3.42. The zero-order chi connectivity index (χ0) is 19.3. The molecule has 1 heterocycles. The zero-order valence-corrected chi connectivity index (χ0v) is 19.9. The van der Waals surface area contributed by atoms with Crippen LogP contribution < -0.4 is 10.6 Å². The maximum absolute atomic E-state index is 5.92. The topological polar surface area (TPSA) is 58.1 Å². The first-order valence-electron chi connectivity index (χ1n) is 10.1. The summed E-state index contributed by atoms with van der Waals surface area (Å²) < 4.78 is 11.1. The Hall–Kier alpha value is -0.900. The van der Waals surface area contributed by atoms with Gasteiger partial charge in [-0.3, -0.25) is 9.89 Å². The Morgan fingerprint density at radius 3 is 2.75 bits per heavy atom. The molecule has 0 bridgehead atoms. The van der Waals surface area contributed by atoms with E-state index in [-0.39, 0.29) is 30.1 Å². The van der Waals surface area contributed by atoms with Crippen LogP contribution in [0.1, 0.15) is 37.9 Å². The van der Waals surface area contributed by atoms with E-state index >= 15 is 0 Å². The van der Waals surface area contributed by atoms with Gasteiger partial charge in [-0.15, -0.1) is 24.0 Å². The van der Waals surface area contributed by atoms with Gasteiger partial charge < -0.3 is 20.1 Å². The van der Waals surface area contributed by atoms with Gasteiger partial charge in [0.05, 0.1) is 12.7 Å². The number of aliphatic imine (C=N–C) groups is 1. The molecular formula is C21H37IN4O2. The van der Waals surface area contributed by atoms with Crippen LogP contribution in [0.25, 0.3) is 0 Å². The Balaban J connectivity index is 0.00000392. The molecule has 160 valence electrons. The minimum Gasteiger partial charge on any atom is -0.383 e. The summed E-state index contributed by atoms with van der Waals surface area (Å²) in [6, 6.07) is 10.9. The third-order valence-electron chi connectivity index (χ3n) is 5.06. The lowest BCUT2D eigenvalue weighted by molar-refractivity contribution is 0.0646. The van der Waals surface area contributed by atoms with Crippen LogP contribution in [0.15, 0.2) is 35.3 Å². The summed E-state index contributed by atoms with van der Waals surface area (Å²) in [5.41, 5.74) is 1.22. The second kappa shape index (κ2) is 15.0. The molecule has 0 aromatic heterocycles. The first kappa shape index (κ1) is 25.1. The van der Waals surface area contributed by atoms with Crippen LogP contribution in [0, 0.1) is 0 Å². The number of ether oxygens (including phenoxy) is 2. The second-order valence-corrected chi connectivity index (χ2v) is 6.98. The summed E-state index contributed by atoms with van der Waals surface area (Å²) in [6.07, 6.45) is 3.57. The predicted molar refractivity (Wildman–Crippen MR) is 127 cm³/mol.